The van der Waals surface area contributed by atoms with Gasteiger partial charge in [-0.1, -0.05) is 0 Å². The molecular formula is C10H11N3O2. The van der Waals surface area contributed by atoms with Gasteiger partial charge in [0.1, 0.15) is 5.54 Å². The maximum atomic E-state index is 11.6. The van der Waals surface area contributed by atoms with Crippen molar-refractivity contribution in [1.29, 1.82) is 10.5 Å². The summed E-state index contributed by atoms with van der Waals surface area (Å²) in [6.07, 6.45) is 2.39. The molecule has 78 valence electrons. The summed E-state index contributed by atoms with van der Waals surface area (Å²) in [6.45, 7) is 0. The van der Waals surface area contributed by atoms with E-state index in [0.717, 1.165) is 0 Å². The molecule has 15 heavy (non-hydrogen) atoms. The van der Waals surface area contributed by atoms with Crippen LogP contribution in [-0.4, -0.2) is 18.6 Å². The predicted octanol–water partition coefficient (Wildman–Crippen LogP) is 0.603. The molecule has 1 unspecified atom stereocenters. The van der Waals surface area contributed by atoms with Crippen LogP contribution < -0.4 is 5.32 Å². The van der Waals surface area contributed by atoms with Gasteiger partial charge in [0.15, 0.2) is 0 Å². The number of nitriles is 2. The number of carbonyl (C=O) groups excluding carboxylic acids is 1. The van der Waals surface area contributed by atoms with Crippen LogP contribution in [0.25, 0.3) is 0 Å². The van der Waals surface area contributed by atoms with Crippen molar-refractivity contribution in [3.63, 3.8) is 0 Å². The average Bonchev–Trinajstić information content (AvgIpc) is 2.70. The van der Waals surface area contributed by atoms with Crippen LogP contribution in [0.3, 0.4) is 0 Å². The smallest absolute Gasteiger partial charge is 0.331 e. The molecule has 1 atom stereocenters. The van der Waals surface area contributed by atoms with E-state index in [4.69, 9.17) is 10.5 Å². The molecule has 0 amide bonds. The number of hydrogen-bond acceptors (Lipinski definition) is 5. The Morgan fingerprint density at radius 1 is 1.73 bits per heavy atom. The van der Waals surface area contributed by atoms with Crippen LogP contribution in [0.1, 0.15) is 19.3 Å². The molecular weight excluding hydrogens is 194 g/mol. The lowest BCUT2D eigenvalue weighted by atomic mass is 9.90. The van der Waals surface area contributed by atoms with Crippen LogP contribution in [0.2, 0.25) is 0 Å². The molecule has 0 aromatic heterocycles. The number of carbonyl (C=O) groups is 1. The van der Waals surface area contributed by atoms with Gasteiger partial charge in [-0.2, -0.15) is 10.5 Å². The Labute approximate surface area is 87.9 Å². The number of ether oxygens (including phenoxy) is 1. The van der Waals surface area contributed by atoms with Crippen LogP contribution in [0.5, 0.6) is 0 Å². The van der Waals surface area contributed by atoms with Crippen LogP contribution in [-0.2, 0) is 9.53 Å². The van der Waals surface area contributed by atoms with Gasteiger partial charge in [0, 0.05) is 24.6 Å². The van der Waals surface area contributed by atoms with Gasteiger partial charge in [0.2, 0.25) is 0 Å². The number of rotatable bonds is 3. The van der Waals surface area contributed by atoms with E-state index in [-0.39, 0.29) is 12.8 Å². The van der Waals surface area contributed by atoms with E-state index in [1.807, 2.05) is 12.1 Å². The highest BCUT2D eigenvalue weighted by atomic mass is 16.5. The lowest BCUT2D eigenvalue weighted by Crippen LogP contribution is -2.47. The van der Waals surface area contributed by atoms with Gasteiger partial charge in [-0.15, -0.1) is 0 Å². The zero-order chi connectivity index (χ0) is 11.3. The second kappa shape index (κ2) is 4.47. The van der Waals surface area contributed by atoms with Crippen molar-refractivity contribution < 1.29 is 9.53 Å². The Kier molecular flexibility index (Phi) is 3.30. The number of nitrogens with zero attached hydrogens (tertiary/aromatic N) is 2. The highest BCUT2D eigenvalue weighted by Gasteiger charge is 2.42. The monoisotopic (exact) mass is 205 g/mol. The standard InChI is InChI=1S/C10H11N3O2/c1-15-9(14)10(3-2-4-11)5-8(6-12)7-13-10/h7,13H,2-3,5H2,1H3. The Hall–Kier alpha value is -2.01. The van der Waals surface area contributed by atoms with Crippen LogP contribution in [0.15, 0.2) is 11.8 Å². The van der Waals surface area contributed by atoms with Gasteiger partial charge < -0.3 is 10.1 Å². The largest absolute Gasteiger partial charge is 0.467 e. The van der Waals surface area contributed by atoms with E-state index in [1.165, 1.54) is 13.3 Å². The van der Waals surface area contributed by atoms with E-state index >= 15 is 0 Å². The van der Waals surface area contributed by atoms with E-state index in [2.05, 4.69) is 10.1 Å². The van der Waals surface area contributed by atoms with E-state index < -0.39 is 11.5 Å². The summed E-state index contributed by atoms with van der Waals surface area (Å²) in [5, 5.41) is 20.1. The fourth-order valence-corrected chi connectivity index (χ4v) is 1.58. The molecule has 0 spiro atoms. The Morgan fingerprint density at radius 3 is 2.93 bits per heavy atom. The van der Waals surface area contributed by atoms with E-state index in [0.29, 0.717) is 12.0 Å². The third-order valence-electron chi connectivity index (χ3n) is 2.40. The normalized spacial score (nSPS) is 23.3. The molecule has 1 aliphatic rings. The highest BCUT2D eigenvalue weighted by Crippen LogP contribution is 2.28. The minimum absolute atomic E-state index is 0.245. The molecule has 0 saturated carbocycles. The van der Waals surface area contributed by atoms with Gasteiger partial charge >= 0.3 is 5.97 Å². The first-order chi connectivity index (χ1) is 7.18. The van der Waals surface area contributed by atoms with Gasteiger partial charge in [-0.05, 0) is 6.42 Å². The van der Waals surface area contributed by atoms with Crippen LogP contribution in [0.4, 0.5) is 0 Å². The second-order valence-electron chi connectivity index (χ2n) is 3.33. The molecule has 0 aromatic rings. The molecule has 0 saturated heterocycles. The maximum Gasteiger partial charge on any atom is 0.331 e. The van der Waals surface area contributed by atoms with Crippen molar-refractivity contribution in [2.75, 3.05) is 7.11 Å². The Bertz CT molecular complexity index is 375. The molecule has 0 aliphatic carbocycles. The van der Waals surface area contributed by atoms with Crippen LogP contribution in [0, 0.1) is 22.7 Å². The van der Waals surface area contributed by atoms with Crippen molar-refractivity contribution in [1.82, 2.24) is 5.32 Å². The molecule has 0 aromatic carbocycles. The summed E-state index contributed by atoms with van der Waals surface area (Å²) in [5.74, 6) is -0.431. The molecule has 0 radical (unpaired) electrons. The highest BCUT2D eigenvalue weighted by molar-refractivity contribution is 5.82. The van der Waals surface area contributed by atoms with Gasteiger partial charge in [-0.3, -0.25) is 0 Å². The Balaban J connectivity index is 2.79. The maximum absolute atomic E-state index is 11.6. The van der Waals surface area contributed by atoms with E-state index in [1.54, 1.807) is 0 Å². The summed E-state index contributed by atoms with van der Waals surface area (Å²) in [5.41, 5.74) is -0.423. The van der Waals surface area contributed by atoms with Crippen molar-refractivity contribution in [3.8, 4) is 12.1 Å². The second-order valence-corrected chi connectivity index (χ2v) is 3.33. The molecule has 1 N–H and O–H groups in total. The minimum atomic E-state index is -0.921. The lowest BCUT2D eigenvalue weighted by molar-refractivity contribution is -0.148. The zero-order valence-electron chi connectivity index (χ0n) is 8.41. The molecule has 1 heterocycles. The first kappa shape index (κ1) is 11.1. The third-order valence-corrected chi connectivity index (χ3v) is 2.40. The molecule has 1 rings (SSSR count). The third kappa shape index (κ3) is 2.08. The van der Waals surface area contributed by atoms with Gasteiger partial charge in [0.05, 0.1) is 19.2 Å². The number of hydrogen-bond donors (Lipinski definition) is 1. The summed E-state index contributed by atoms with van der Waals surface area (Å²) < 4.78 is 4.67. The fourth-order valence-electron chi connectivity index (χ4n) is 1.58. The fraction of sp³-hybridized carbons (Fsp3) is 0.500. The van der Waals surface area contributed by atoms with Gasteiger partial charge in [0.25, 0.3) is 0 Å². The summed E-state index contributed by atoms with van der Waals surface area (Å²) >= 11 is 0. The average molecular weight is 205 g/mol. The lowest BCUT2D eigenvalue weighted by Gasteiger charge is -2.25. The predicted molar refractivity (Wildman–Crippen MR) is 51.0 cm³/mol. The van der Waals surface area contributed by atoms with Crippen molar-refractivity contribution in [2.45, 2.75) is 24.8 Å². The summed E-state index contributed by atoms with van der Waals surface area (Å²) in [6, 6.07) is 3.96. The zero-order valence-corrected chi connectivity index (χ0v) is 8.41. The SMILES string of the molecule is COC(=O)C1(CCC#N)CC(C#N)=CN1. The first-order valence-corrected chi connectivity index (χ1v) is 4.51. The van der Waals surface area contributed by atoms with Crippen molar-refractivity contribution >= 4 is 5.97 Å². The number of methoxy groups -OCH3 is 1. The first-order valence-electron chi connectivity index (χ1n) is 4.51. The molecule has 0 fully saturated rings. The van der Waals surface area contributed by atoms with E-state index in [9.17, 15) is 4.79 Å². The van der Waals surface area contributed by atoms with Crippen molar-refractivity contribution in [3.05, 3.63) is 11.8 Å². The van der Waals surface area contributed by atoms with Crippen LogP contribution >= 0.6 is 0 Å². The quantitative estimate of drug-likeness (QED) is 0.682. The topological polar surface area (TPSA) is 85.9 Å². The molecule has 1 aliphatic heterocycles. The molecule has 5 heteroatoms. The van der Waals surface area contributed by atoms with Gasteiger partial charge in [-0.25, -0.2) is 4.79 Å². The summed E-state index contributed by atoms with van der Waals surface area (Å²) in [7, 11) is 1.29. The van der Waals surface area contributed by atoms with Crippen molar-refractivity contribution in [2.24, 2.45) is 0 Å². The summed E-state index contributed by atoms with van der Waals surface area (Å²) in [4.78, 5) is 11.6. The molecule has 0 bridgehead atoms. The minimum Gasteiger partial charge on any atom is -0.467 e. The Morgan fingerprint density at radius 2 is 2.47 bits per heavy atom. The number of nitrogens with one attached hydrogen (secondary N) is 1. The number of esters is 1. The molecule has 5 nitrogen and oxygen atoms in total.